The van der Waals surface area contributed by atoms with Gasteiger partial charge in [0.15, 0.2) is 5.65 Å². The molecule has 0 atom stereocenters. The molecule has 0 saturated carbocycles. The van der Waals surface area contributed by atoms with Gasteiger partial charge in [-0.1, -0.05) is 0 Å². The third-order valence-corrected chi connectivity index (χ3v) is 4.01. The number of nitrogens with two attached hydrogens (primary N) is 1. The highest BCUT2D eigenvalue weighted by Gasteiger charge is 2.18. The van der Waals surface area contributed by atoms with Crippen LogP contribution >= 0.6 is 0 Å². The van der Waals surface area contributed by atoms with Crippen LogP contribution in [-0.2, 0) is 4.79 Å². The first kappa shape index (κ1) is 19.5. The molecule has 0 bridgehead atoms. The molecule has 29 heavy (non-hydrogen) atoms. The first-order chi connectivity index (χ1) is 13.8. The van der Waals surface area contributed by atoms with Crippen LogP contribution in [0.3, 0.4) is 0 Å². The van der Waals surface area contributed by atoms with Crippen LogP contribution in [0.5, 0.6) is 5.88 Å². The molecule has 0 aliphatic heterocycles. The number of ether oxygens (including phenoxy) is 1. The highest BCUT2D eigenvalue weighted by molar-refractivity contribution is 6.02. The number of amides is 1. The third kappa shape index (κ3) is 4.37. The Balaban J connectivity index is 1.89. The van der Waals surface area contributed by atoms with E-state index in [4.69, 9.17) is 21.0 Å². The zero-order chi connectivity index (χ0) is 21.0. The molecule has 9 nitrogen and oxygen atoms in total. The normalized spacial score (nSPS) is 11.7. The summed E-state index contributed by atoms with van der Waals surface area (Å²) in [6.07, 6.45) is 6.14. The molecule has 0 spiro atoms. The first-order valence-corrected chi connectivity index (χ1v) is 8.59. The van der Waals surface area contributed by atoms with Crippen molar-refractivity contribution < 1.29 is 9.53 Å². The van der Waals surface area contributed by atoms with Crippen molar-refractivity contribution in [1.82, 2.24) is 19.9 Å². The second-order valence-corrected chi connectivity index (χ2v) is 6.90. The quantitative estimate of drug-likeness (QED) is 0.486. The molecule has 3 heterocycles. The molecular formula is C20H17N7O2. The molecular weight excluding hydrogens is 370 g/mol. The lowest BCUT2D eigenvalue weighted by atomic mass is 9.98. The number of carbonyl (C=O) groups is 1. The molecule has 3 rings (SSSR count). The van der Waals surface area contributed by atoms with E-state index >= 15 is 0 Å². The van der Waals surface area contributed by atoms with Crippen molar-refractivity contribution in [2.75, 3.05) is 6.61 Å². The van der Waals surface area contributed by atoms with Gasteiger partial charge in [0.1, 0.15) is 23.8 Å². The number of hydrogen-bond donors (Lipinski definition) is 2. The molecule has 3 aromatic rings. The van der Waals surface area contributed by atoms with Crippen LogP contribution in [0.25, 0.3) is 28.5 Å². The number of nitrogens with one attached hydrogen (secondary N) is 1. The van der Waals surface area contributed by atoms with Gasteiger partial charge in [0, 0.05) is 29.6 Å². The number of fused-ring (bicyclic) bond motifs is 1. The summed E-state index contributed by atoms with van der Waals surface area (Å²) in [7, 11) is 0. The van der Waals surface area contributed by atoms with Gasteiger partial charge in [-0.3, -0.25) is 4.79 Å². The van der Waals surface area contributed by atoms with Crippen molar-refractivity contribution in [2.45, 2.75) is 13.8 Å². The number of rotatable bonds is 6. The average Bonchev–Trinajstić information content (AvgIpc) is 3.12. The van der Waals surface area contributed by atoms with E-state index in [0.717, 1.165) is 0 Å². The van der Waals surface area contributed by atoms with Gasteiger partial charge < -0.3 is 15.5 Å². The van der Waals surface area contributed by atoms with E-state index in [9.17, 15) is 4.79 Å². The van der Waals surface area contributed by atoms with Gasteiger partial charge in [0.05, 0.1) is 23.4 Å². The number of nitriles is 2. The number of aromatic amines is 1. The van der Waals surface area contributed by atoms with Crippen LogP contribution in [0.15, 0.2) is 36.3 Å². The van der Waals surface area contributed by atoms with Gasteiger partial charge in [0.2, 0.25) is 5.88 Å². The van der Waals surface area contributed by atoms with E-state index in [1.807, 2.05) is 0 Å². The Kier molecular flexibility index (Phi) is 5.24. The number of H-pyrrole nitrogens is 1. The molecule has 0 aromatic carbocycles. The largest absolute Gasteiger partial charge is 0.476 e. The standard InChI is InChI=1S/C20H17N7O2/c1-20(2,10-22)11-29-16-4-3-12(7-24-16)15-9-26-19-17(27-15)14(8-25-19)5-13(6-21)18(23)28/h3-5,7-9H,11H2,1-2H3,(H2,23,28)(H,25,26). The molecule has 3 N–H and O–H groups in total. The maximum atomic E-state index is 11.3. The number of primary amides is 1. The van der Waals surface area contributed by atoms with Crippen molar-refractivity contribution in [2.24, 2.45) is 11.1 Å². The molecule has 0 saturated heterocycles. The maximum absolute atomic E-state index is 11.3. The SMILES string of the molecule is CC(C)(C#N)COc1ccc(-c2cnc3[nH]cc(C=C(C#N)C(N)=O)c3n2)cn1. The minimum Gasteiger partial charge on any atom is -0.476 e. The summed E-state index contributed by atoms with van der Waals surface area (Å²) < 4.78 is 5.55. The van der Waals surface area contributed by atoms with E-state index in [-0.39, 0.29) is 12.2 Å². The van der Waals surface area contributed by atoms with Gasteiger partial charge in [0.25, 0.3) is 5.91 Å². The lowest BCUT2D eigenvalue weighted by Gasteiger charge is -2.15. The maximum Gasteiger partial charge on any atom is 0.259 e. The number of hydrogen-bond acceptors (Lipinski definition) is 7. The van der Waals surface area contributed by atoms with Crippen LogP contribution in [0, 0.1) is 28.1 Å². The summed E-state index contributed by atoms with van der Waals surface area (Å²) in [5, 5.41) is 18.1. The topological polar surface area (TPSA) is 154 Å². The predicted molar refractivity (Wildman–Crippen MR) is 105 cm³/mol. The lowest BCUT2D eigenvalue weighted by Crippen LogP contribution is -2.19. The molecule has 1 amide bonds. The zero-order valence-electron chi connectivity index (χ0n) is 15.8. The minimum atomic E-state index is -0.815. The molecule has 3 aromatic heterocycles. The van der Waals surface area contributed by atoms with Crippen LogP contribution < -0.4 is 10.5 Å². The average molecular weight is 387 g/mol. The number of aromatic nitrogens is 4. The fraction of sp³-hybridized carbons (Fsp3) is 0.200. The molecule has 0 unspecified atom stereocenters. The summed E-state index contributed by atoms with van der Waals surface area (Å²) in [6, 6.07) is 7.40. The second-order valence-electron chi connectivity index (χ2n) is 6.90. The predicted octanol–water partition coefficient (Wildman–Crippen LogP) is 2.34. The van der Waals surface area contributed by atoms with Gasteiger partial charge in [-0.2, -0.15) is 10.5 Å². The van der Waals surface area contributed by atoms with E-state index < -0.39 is 11.3 Å². The van der Waals surface area contributed by atoms with Gasteiger partial charge in [-0.25, -0.2) is 15.0 Å². The molecule has 0 radical (unpaired) electrons. The Morgan fingerprint density at radius 2 is 2.10 bits per heavy atom. The fourth-order valence-corrected chi connectivity index (χ4v) is 2.38. The van der Waals surface area contributed by atoms with E-state index in [2.05, 4.69) is 26.0 Å². The molecule has 0 aliphatic carbocycles. The molecule has 144 valence electrons. The van der Waals surface area contributed by atoms with E-state index in [1.165, 1.54) is 6.08 Å². The lowest BCUT2D eigenvalue weighted by molar-refractivity contribution is -0.114. The van der Waals surface area contributed by atoms with Crippen LogP contribution in [0.4, 0.5) is 0 Å². The highest BCUT2D eigenvalue weighted by Crippen LogP contribution is 2.23. The third-order valence-electron chi connectivity index (χ3n) is 4.01. The Morgan fingerprint density at radius 3 is 2.72 bits per heavy atom. The van der Waals surface area contributed by atoms with Crippen molar-refractivity contribution >= 4 is 23.1 Å². The van der Waals surface area contributed by atoms with E-state index in [1.54, 1.807) is 50.6 Å². The summed E-state index contributed by atoms with van der Waals surface area (Å²) in [6.45, 7) is 3.79. The monoisotopic (exact) mass is 387 g/mol. The van der Waals surface area contributed by atoms with Gasteiger partial charge in [-0.15, -0.1) is 0 Å². The Hall–Kier alpha value is -4.24. The fourth-order valence-electron chi connectivity index (χ4n) is 2.38. The Bertz CT molecular complexity index is 1180. The smallest absolute Gasteiger partial charge is 0.259 e. The summed E-state index contributed by atoms with van der Waals surface area (Å²) in [5.41, 5.74) is 7.19. The summed E-state index contributed by atoms with van der Waals surface area (Å²) in [4.78, 5) is 27.4. The van der Waals surface area contributed by atoms with Crippen molar-refractivity contribution in [1.29, 1.82) is 10.5 Å². The van der Waals surface area contributed by atoms with Crippen LogP contribution in [0.1, 0.15) is 19.4 Å². The Morgan fingerprint density at radius 1 is 1.31 bits per heavy atom. The summed E-state index contributed by atoms with van der Waals surface area (Å²) >= 11 is 0. The number of carbonyl (C=O) groups excluding carboxylic acids is 1. The molecule has 9 heteroatoms. The highest BCUT2D eigenvalue weighted by atomic mass is 16.5. The molecule has 0 fully saturated rings. The molecule has 0 aliphatic rings. The van der Waals surface area contributed by atoms with Crippen molar-refractivity contribution in [3.63, 3.8) is 0 Å². The Labute approximate surface area is 166 Å². The van der Waals surface area contributed by atoms with Crippen LogP contribution in [-0.4, -0.2) is 32.4 Å². The van der Waals surface area contributed by atoms with Gasteiger partial charge >= 0.3 is 0 Å². The number of nitrogens with zero attached hydrogens (tertiary/aromatic N) is 5. The van der Waals surface area contributed by atoms with Gasteiger partial charge in [-0.05, 0) is 26.0 Å². The van der Waals surface area contributed by atoms with E-state index in [0.29, 0.717) is 33.9 Å². The van der Waals surface area contributed by atoms with Crippen molar-refractivity contribution in [3.8, 4) is 29.3 Å². The number of pyridine rings is 1. The van der Waals surface area contributed by atoms with Crippen molar-refractivity contribution in [3.05, 3.63) is 41.9 Å². The minimum absolute atomic E-state index is 0.179. The second kappa shape index (κ2) is 7.79. The first-order valence-electron chi connectivity index (χ1n) is 8.59. The zero-order valence-corrected chi connectivity index (χ0v) is 15.8. The summed E-state index contributed by atoms with van der Waals surface area (Å²) in [5.74, 6) is -0.415. The van der Waals surface area contributed by atoms with Crippen LogP contribution in [0.2, 0.25) is 0 Å².